The Morgan fingerprint density at radius 2 is 1.71 bits per heavy atom. The van der Waals surface area contributed by atoms with E-state index in [2.05, 4.69) is 5.10 Å². The molecule has 0 saturated heterocycles. The molecule has 0 saturated carbocycles. The van der Waals surface area contributed by atoms with Gasteiger partial charge in [0.1, 0.15) is 6.61 Å². The van der Waals surface area contributed by atoms with Crippen molar-refractivity contribution in [3.8, 4) is 0 Å². The van der Waals surface area contributed by atoms with E-state index in [1.165, 1.54) is 4.68 Å². The number of aromatic nitrogens is 2. The number of nitrogen functional groups attached to an aromatic ring is 1. The van der Waals surface area contributed by atoms with Crippen LogP contribution < -0.4 is 5.73 Å². The van der Waals surface area contributed by atoms with Crippen molar-refractivity contribution in [3.05, 3.63) is 11.4 Å². The van der Waals surface area contributed by atoms with Crippen LogP contribution in [0.5, 0.6) is 0 Å². The maximum atomic E-state index is 11.8. The number of rotatable bonds is 10. The Morgan fingerprint density at radius 1 is 1.14 bits per heavy atom. The quantitative estimate of drug-likeness (QED) is 0.485. The first-order chi connectivity index (χ1) is 10.1. The molecule has 0 fully saturated rings. The molecular formula is C13H23N3O5. The average Bonchev–Trinajstić information content (AvgIpc) is 2.70. The number of anilines is 1. The van der Waals surface area contributed by atoms with Gasteiger partial charge in [0.25, 0.3) is 0 Å². The molecule has 0 aliphatic heterocycles. The van der Waals surface area contributed by atoms with E-state index < -0.39 is 5.97 Å². The van der Waals surface area contributed by atoms with Crippen molar-refractivity contribution in [1.29, 1.82) is 0 Å². The van der Waals surface area contributed by atoms with Crippen molar-refractivity contribution in [1.82, 2.24) is 9.78 Å². The first-order valence-electron chi connectivity index (χ1n) is 6.68. The van der Waals surface area contributed by atoms with Gasteiger partial charge in [0.2, 0.25) is 0 Å². The van der Waals surface area contributed by atoms with Crippen LogP contribution in [0.15, 0.2) is 0 Å². The molecule has 0 aromatic carbocycles. The molecule has 0 unspecified atom stereocenters. The first-order valence-corrected chi connectivity index (χ1v) is 6.68. The van der Waals surface area contributed by atoms with Crippen LogP contribution in [0.3, 0.4) is 0 Å². The fraction of sp³-hybridized carbons (Fsp3) is 0.692. The molecule has 1 heterocycles. The summed E-state index contributed by atoms with van der Waals surface area (Å²) in [5.74, 6) is -0.504. The van der Waals surface area contributed by atoms with E-state index in [-0.39, 0.29) is 12.3 Å². The predicted molar refractivity (Wildman–Crippen MR) is 76.2 cm³/mol. The van der Waals surface area contributed by atoms with E-state index in [4.69, 9.17) is 24.7 Å². The molecule has 0 aliphatic carbocycles. The summed E-state index contributed by atoms with van der Waals surface area (Å²) in [6.07, 6.45) is 0. The van der Waals surface area contributed by atoms with Gasteiger partial charge in [-0.3, -0.25) is 4.68 Å². The number of nitrogens with two attached hydrogens (primary N) is 1. The Labute approximate surface area is 124 Å². The molecule has 0 spiro atoms. The number of methoxy groups -OCH3 is 1. The van der Waals surface area contributed by atoms with E-state index in [0.717, 1.165) is 0 Å². The highest BCUT2D eigenvalue weighted by Crippen LogP contribution is 2.15. The Bertz CT molecular complexity index is 447. The van der Waals surface area contributed by atoms with Crippen LogP contribution in [-0.2, 0) is 26.0 Å². The van der Waals surface area contributed by atoms with Gasteiger partial charge < -0.3 is 24.7 Å². The summed E-state index contributed by atoms with van der Waals surface area (Å²) in [7, 11) is 3.26. The highest BCUT2D eigenvalue weighted by Gasteiger charge is 2.18. The molecule has 0 aliphatic rings. The maximum absolute atomic E-state index is 11.8. The van der Waals surface area contributed by atoms with Crippen molar-refractivity contribution < 1.29 is 23.7 Å². The molecule has 21 heavy (non-hydrogen) atoms. The van der Waals surface area contributed by atoms with E-state index in [1.54, 1.807) is 21.1 Å². The molecule has 120 valence electrons. The second-order valence-electron chi connectivity index (χ2n) is 4.32. The molecule has 8 nitrogen and oxygen atoms in total. The van der Waals surface area contributed by atoms with Crippen LogP contribution in [0, 0.1) is 6.92 Å². The normalized spacial score (nSPS) is 10.8. The van der Waals surface area contributed by atoms with Crippen molar-refractivity contribution >= 4 is 11.7 Å². The van der Waals surface area contributed by atoms with E-state index >= 15 is 0 Å². The van der Waals surface area contributed by atoms with Crippen molar-refractivity contribution in [2.45, 2.75) is 6.92 Å². The van der Waals surface area contributed by atoms with Crippen molar-refractivity contribution in [3.63, 3.8) is 0 Å². The first kappa shape index (κ1) is 17.4. The standard InChI is InChI=1S/C13H23N3O5/c1-10-11(14)12(16(2)15-10)13(17)21-9-8-20-7-6-19-5-4-18-3/h4-9,14H2,1-3H3. The van der Waals surface area contributed by atoms with Crippen LogP contribution in [0.25, 0.3) is 0 Å². The molecule has 0 atom stereocenters. The second kappa shape index (κ2) is 9.32. The highest BCUT2D eigenvalue weighted by molar-refractivity contribution is 5.93. The molecule has 8 heteroatoms. The largest absolute Gasteiger partial charge is 0.458 e. The fourth-order valence-electron chi connectivity index (χ4n) is 1.64. The molecule has 2 N–H and O–H groups in total. The Balaban J connectivity index is 2.14. The van der Waals surface area contributed by atoms with E-state index in [9.17, 15) is 4.79 Å². The van der Waals surface area contributed by atoms with Crippen LogP contribution >= 0.6 is 0 Å². The maximum Gasteiger partial charge on any atom is 0.358 e. The molecule has 0 amide bonds. The van der Waals surface area contributed by atoms with Crippen molar-refractivity contribution in [2.75, 3.05) is 52.5 Å². The third-order valence-electron chi connectivity index (χ3n) is 2.73. The van der Waals surface area contributed by atoms with Gasteiger partial charge in [-0.25, -0.2) is 4.79 Å². The number of hydrogen-bond donors (Lipinski definition) is 1. The predicted octanol–water partition coefficient (Wildman–Crippen LogP) is 0.147. The highest BCUT2D eigenvalue weighted by atomic mass is 16.6. The third-order valence-corrected chi connectivity index (χ3v) is 2.73. The lowest BCUT2D eigenvalue weighted by Gasteiger charge is -2.07. The zero-order chi connectivity index (χ0) is 15.7. The van der Waals surface area contributed by atoms with Gasteiger partial charge in [-0.2, -0.15) is 5.10 Å². The smallest absolute Gasteiger partial charge is 0.358 e. The molecule has 1 aromatic heterocycles. The van der Waals surface area contributed by atoms with Gasteiger partial charge in [0.15, 0.2) is 5.69 Å². The van der Waals surface area contributed by atoms with Gasteiger partial charge in [0, 0.05) is 14.2 Å². The Hall–Kier alpha value is -1.64. The number of carbonyl (C=O) groups is 1. The zero-order valence-electron chi connectivity index (χ0n) is 12.8. The van der Waals surface area contributed by atoms with Crippen LogP contribution in [0.2, 0.25) is 0 Å². The summed E-state index contributed by atoms with van der Waals surface area (Å²) < 4.78 is 21.8. The third kappa shape index (κ3) is 5.70. The zero-order valence-corrected chi connectivity index (χ0v) is 12.8. The number of hydrogen-bond acceptors (Lipinski definition) is 7. The second-order valence-corrected chi connectivity index (χ2v) is 4.32. The molecule has 0 bridgehead atoms. The minimum absolute atomic E-state index is 0.153. The molecule has 0 radical (unpaired) electrons. The number of carbonyl (C=O) groups excluding carboxylic acids is 1. The molecular weight excluding hydrogens is 278 g/mol. The minimum atomic E-state index is -0.504. The molecule has 1 rings (SSSR count). The minimum Gasteiger partial charge on any atom is -0.458 e. The lowest BCUT2D eigenvalue weighted by atomic mass is 10.3. The number of aryl methyl sites for hydroxylation is 2. The average molecular weight is 301 g/mol. The fourth-order valence-corrected chi connectivity index (χ4v) is 1.64. The number of ether oxygens (including phenoxy) is 4. The lowest BCUT2D eigenvalue weighted by Crippen LogP contribution is -2.16. The summed E-state index contributed by atoms with van der Waals surface area (Å²) in [4.78, 5) is 11.8. The Kier molecular flexibility index (Phi) is 7.73. The van der Waals surface area contributed by atoms with Gasteiger partial charge in [-0.05, 0) is 6.92 Å². The number of nitrogens with zero attached hydrogens (tertiary/aromatic N) is 2. The van der Waals surface area contributed by atoms with Gasteiger partial charge in [0.05, 0.1) is 44.4 Å². The van der Waals surface area contributed by atoms with E-state index in [0.29, 0.717) is 44.4 Å². The monoisotopic (exact) mass is 301 g/mol. The topological polar surface area (TPSA) is 97.8 Å². The van der Waals surface area contributed by atoms with Gasteiger partial charge >= 0.3 is 5.97 Å². The summed E-state index contributed by atoms with van der Waals surface area (Å²) >= 11 is 0. The summed E-state index contributed by atoms with van der Waals surface area (Å²) in [6.45, 7) is 4.20. The lowest BCUT2D eigenvalue weighted by molar-refractivity contribution is 0.00535. The SMILES string of the molecule is COCCOCCOCCOC(=O)c1c(N)c(C)nn1C. The van der Waals surface area contributed by atoms with E-state index in [1.807, 2.05) is 0 Å². The van der Waals surface area contributed by atoms with Crippen LogP contribution in [-0.4, -0.2) is 62.5 Å². The van der Waals surface area contributed by atoms with Gasteiger partial charge in [-0.15, -0.1) is 0 Å². The van der Waals surface area contributed by atoms with Gasteiger partial charge in [-0.1, -0.05) is 0 Å². The van der Waals surface area contributed by atoms with Crippen molar-refractivity contribution in [2.24, 2.45) is 7.05 Å². The molecule has 1 aromatic rings. The van der Waals surface area contributed by atoms with Crippen LogP contribution in [0.1, 0.15) is 16.2 Å². The summed E-state index contributed by atoms with van der Waals surface area (Å²) in [6, 6.07) is 0. The Morgan fingerprint density at radius 3 is 2.24 bits per heavy atom. The summed E-state index contributed by atoms with van der Waals surface area (Å²) in [5, 5.41) is 4.06. The summed E-state index contributed by atoms with van der Waals surface area (Å²) in [5.41, 5.74) is 6.98. The van der Waals surface area contributed by atoms with Crippen LogP contribution in [0.4, 0.5) is 5.69 Å². The number of esters is 1.